The quantitative estimate of drug-likeness (QED) is 0.790. The molecule has 0 aliphatic carbocycles. The fourth-order valence-corrected chi connectivity index (χ4v) is 1.62. The Morgan fingerprint density at radius 1 is 1.44 bits per heavy atom. The van der Waals surface area contributed by atoms with Crippen molar-refractivity contribution in [3.05, 3.63) is 22.4 Å². The molecule has 0 bridgehead atoms. The van der Waals surface area contributed by atoms with Crippen molar-refractivity contribution < 1.29 is 0 Å². The summed E-state index contributed by atoms with van der Waals surface area (Å²) in [5.74, 6) is 0.698. The van der Waals surface area contributed by atoms with Crippen LogP contribution in [0.25, 0.3) is 11.0 Å². The van der Waals surface area contributed by atoms with Crippen LogP contribution in [-0.2, 0) is 12.0 Å². The van der Waals surface area contributed by atoms with Crippen molar-refractivity contribution in [3.8, 4) is 0 Å². The van der Waals surface area contributed by atoms with Crippen LogP contribution >= 0.6 is 0 Å². The summed E-state index contributed by atoms with van der Waals surface area (Å²) in [5, 5.41) is 4.79. The van der Waals surface area contributed by atoms with Crippen LogP contribution in [0.2, 0.25) is 0 Å². The third-order valence-electron chi connectivity index (χ3n) is 2.46. The van der Waals surface area contributed by atoms with Crippen LogP contribution in [0.15, 0.2) is 11.0 Å². The highest BCUT2D eigenvalue weighted by Crippen LogP contribution is 2.17. The summed E-state index contributed by atoms with van der Waals surface area (Å²) in [4.78, 5) is 18.9. The van der Waals surface area contributed by atoms with Gasteiger partial charge >= 0.3 is 0 Å². The lowest BCUT2D eigenvalue weighted by molar-refractivity contribution is 0.365. The maximum atomic E-state index is 11.7. The highest BCUT2D eigenvalue weighted by Gasteiger charge is 2.19. The number of H-pyrrole nitrogens is 1. The van der Waals surface area contributed by atoms with Crippen LogP contribution in [0, 0.1) is 0 Å². The lowest BCUT2D eigenvalue weighted by Crippen LogP contribution is -2.24. The molecule has 5 nitrogen and oxygen atoms in total. The first-order valence-electron chi connectivity index (χ1n) is 5.41. The Bertz CT molecular complexity index is 574. The van der Waals surface area contributed by atoms with Crippen molar-refractivity contribution in [2.24, 2.45) is 0 Å². The summed E-state index contributed by atoms with van der Waals surface area (Å²) in [5.41, 5.74) is 0.374. The summed E-state index contributed by atoms with van der Waals surface area (Å²) in [7, 11) is 0. The van der Waals surface area contributed by atoms with Crippen LogP contribution in [0.5, 0.6) is 0 Å². The molecule has 5 heteroatoms. The number of fused-ring (bicyclic) bond motifs is 1. The van der Waals surface area contributed by atoms with Gasteiger partial charge in [0.15, 0.2) is 5.65 Å². The van der Waals surface area contributed by atoms with Gasteiger partial charge in [-0.05, 0) is 20.8 Å². The molecule has 2 rings (SSSR count). The first-order chi connectivity index (χ1) is 7.43. The Kier molecular flexibility index (Phi) is 2.33. The van der Waals surface area contributed by atoms with E-state index in [9.17, 15) is 4.79 Å². The zero-order valence-electron chi connectivity index (χ0n) is 10.0. The SMILES string of the molecule is CCc1nc2c(cnn2C(C)(C)C)c(=O)[nH]1. The van der Waals surface area contributed by atoms with Crippen molar-refractivity contribution in [1.29, 1.82) is 0 Å². The van der Waals surface area contributed by atoms with Gasteiger partial charge in [-0.3, -0.25) is 4.79 Å². The van der Waals surface area contributed by atoms with E-state index in [0.29, 0.717) is 23.3 Å². The second-order valence-electron chi connectivity index (χ2n) is 4.83. The van der Waals surface area contributed by atoms with E-state index in [-0.39, 0.29) is 11.1 Å². The number of nitrogens with zero attached hydrogens (tertiary/aromatic N) is 3. The molecule has 0 unspecified atom stereocenters. The molecule has 86 valence electrons. The average molecular weight is 220 g/mol. The largest absolute Gasteiger partial charge is 0.310 e. The van der Waals surface area contributed by atoms with Crippen molar-refractivity contribution in [2.75, 3.05) is 0 Å². The number of nitrogens with one attached hydrogen (secondary N) is 1. The van der Waals surface area contributed by atoms with Gasteiger partial charge in [-0.25, -0.2) is 9.67 Å². The molecular formula is C11H16N4O. The molecule has 2 aromatic heterocycles. The minimum absolute atomic E-state index is 0.114. The molecule has 0 atom stereocenters. The smallest absolute Gasteiger partial charge is 0.262 e. The fourth-order valence-electron chi connectivity index (χ4n) is 1.62. The number of aromatic amines is 1. The molecule has 0 saturated heterocycles. The molecule has 0 amide bonds. The van der Waals surface area contributed by atoms with E-state index in [1.807, 2.05) is 27.7 Å². The van der Waals surface area contributed by atoms with Crippen LogP contribution in [0.3, 0.4) is 0 Å². The number of hydrogen-bond acceptors (Lipinski definition) is 3. The zero-order valence-corrected chi connectivity index (χ0v) is 10.0. The molecular weight excluding hydrogens is 204 g/mol. The van der Waals surface area contributed by atoms with Crippen molar-refractivity contribution >= 4 is 11.0 Å². The summed E-state index contributed by atoms with van der Waals surface area (Å²) in [6.45, 7) is 8.07. The van der Waals surface area contributed by atoms with E-state index in [2.05, 4.69) is 15.1 Å². The van der Waals surface area contributed by atoms with Crippen molar-refractivity contribution in [3.63, 3.8) is 0 Å². The molecule has 2 heterocycles. The van der Waals surface area contributed by atoms with E-state index in [4.69, 9.17) is 0 Å². The predicted octanol–water partition coefficient (Wildman–Crippen LogP) is 1.44. The van der Waals surface area contributed by atoms with E-state index < -0.39 is 0 Å². The number of hydrogen-bond donors (Lipinski definition) is 1. The molecule has 0 aliphatic rings. The first-order valence-corrected chi connectivity index (χ1v) is 5.41. The highest BCUT2D eigenvalue weighted by molar-refractivity contribution is 5.73. The van der Waals surface area contributed by atoms with E-state index in [1.54, 1.807) is 10.9 Å². The molecule has 16 heavy (non-hydrogen) atoms. The van der Waals surface area contributed by atoms with Crippen LogP contribution in [-0.4, -0.2) is 19.7 Å². The summed E-state index contributed by atoms with van der Waals surface area (Å²) in [6.07, 6.45) is 2.28. The molecule has 0 aliphatic heterocycles. The predicted molar refractivity (Wildman–Crippen MR) is 62.5 cm³/mol. The fraction of sp³-hybridized carbons (Fsp3) is 0.545. The molecule has 0 fully saturated rings. The van der Waals surface area contributed by atoms with Gasteiger partial charge in [-0.15, -0.1) is 0 Å². The van der Waals surface area contributed by atoms with E-state index >= 15 is 0 Å². The van der Waals surface area contributed by atoms with Crippen molar-refractivity contribution in [1.82, 2.24) is 19.7 Å². The third kappa shape index (κ3) is 1.62. The Labute approximate surface area is 93.5 Å². The zero-order chi connectivity index (χ0) is 11.9. The first kappa shape index (κ1) is 10.9. The summed E-state index contributed by atoms with van der Waals surface area (Å²) in [6, 6.07) is 0. The average Bonchev–Trinajstić information content (AvgIpc) is 2.60. The number of aryl methyl sites for hydroxylation is 1. The van der Waals surface area contributed by atoms with Gasteiger partial charge in [-0.2, -0.15) is 5.10 Å². The number of aromatic nitrogens is 4. The van der Waals surface area contributed by atoms with Gasteiger partial charge in [0.1, 0.15) is 11.2 Å². The van der Waals surface area contributed by atoms with Crippen LogP contribution < -0.4 is 5.56 Å². The maximum Gasteiger partial charge on any atom is 0.262 e. The summed E-state index contributed by atoms with van der Waals surface area (Å²) >= 11 is 0. The van der Waals surface area contributed by atoms with E-state index in [1.165, 1.54) is 0 Å². The second-order valence-corrected chi connectivity index (χ2v) is 4.83. The lowest BCUT2D eigenvalue weighted by Gasteiger charge is -2.19. The highest BCUT2D eigenvalue weighted by atomic mass is 16.1. The van der Waals surface area contributed by atoms with Crippen molar-refractivity contribution in [2.45, 2.75) is 39.7 Å². The van der Waals surface area contributed by atoms with Gasteiger partial charge in [-0.1, -0.05) is 6.92 Å². The van der Waals surface area contributed by atoms with Gasteiger partial charge in [0, 0.05) is 6.42 Å². The molecule has 2 aromatic rings. The van der Waals surface area contributed by atoms with E-state index in [0.717, 1.165) is 0 Å². The van der Waals surface area contributed by atoms with Gasteiger partial charge in [0.25, 0.3) is 5.56 Å². The Hall–Kier alpha value is -1.65. The Balaban J connectivity index is 2.81. The molecule has 0 saturated carbocycles. The molecule has 1 N–H and O–H groups in total. The normalized spacial score (nSPS) is 12.2. The lowest BCUT2D eigenvalue weighted by atomic mass is 10.1. The van der Waals surface area contributed by atoms with Gasteiger partial charge in [0.05, 0.1) is 11.7 Å². The minimum atomic E-state index is -0.173. The minimum Gasteiger partial charge on any atom is -0.310 e. The third-order valence-corrected chi connectivity index (χ3v) is 2.46. The molecule has 0 aromatic carbocycles. The molecule has 0 spiro atoms. The topological polar surface area (TPSA) is 63.6 Å². The van der Waals surface area contributed by atoms with Crippen LogP contribution in [0.1, 0.15) is 33.5 Å². The monoisotopic (exact) mass is 220 g/mol. The van der Waals surface area contributed by atoms with Crippen LogP contribution in [0.4, 0.5) is 0 Å². The number of rotatable bonds is 1. The standard InChI is InChI=1S/C11H16N4O/c1-5-8-13-9-7(10(16)14-8)6-12-15(9)11(2,3)4/h6H,5H2,1-4H3,(H,13,14,16). The maximum absolute atomic E-state index is 11.7. The Morgan fingerprint density at radius 2 is 2.12 bits per heavy atom. The second kappa shape index (κ2) is 3.43. The molecule has 0 radical (unpaired) electrons. The summed E-state index contributed by atoms with van der Waals surface area (Å²) < 4.78 is 1.79. The van der Waals surface area contributed by atoms with Gasteiger partial charge < -0.3 is 4.98 Å². The van der Waals surface area contributed by atoms with Gasteiger partial charge in [0.2, 0.25) is 0 Å². The Morgan fingerprint density at radius 3 is 2.69 bits per heavy atom.